The monoisotopic (exact) mass is 862 g/mol. The van der Waals surface area contributed by atoms with Crippen LogP contribution in [0.2, 0.25) is 5.02 Å². The quantitative estimate of drug-likeness (QED) is 0.0945. The van der Waals surface area contributed by atoms with Gasteiger partial charge < -0.3 is 35.7 Å². The molecule has 2 amide bonds. The number of halogens is 8. The molecule has 0 bridgehead atoms. The fourth-order valence-electron chi connectivity index (χ4n) is 4.80. The summed E-state index contributed by atoms with van der Waals surface area (Å²) in [6, 6.07) is 4.34. The van der Waals surface area contributed by atoms with Gasteiger partial charge in [0.25, 0.3) is 18.2 Å². The Morgan fingerprint density at radius 3 is 2.34 bits per heavy atom. The Morgan fingerprint density at radius 1 is 1.11 bits per heavy atom. The van der Waals surface area contributed by atoms with Gasteiger partial charge in [-0.1, -0.05) is 11.6 Å². The number of alkyl halides is 5. The molecule has 0 saturated heterocycles. The van der Waals surface area contributed by atoms with Crippen molar-refractivity contribution in [1.82, 2.24) is 14.6 Å². The first-order valence-corrected chi connectivity index (χ1v) is 12.9. The van der Waals surface area contributed by atoms with Crippen molar-refractivity contribution in [3.8, 4) is 0 Å². The smallest absolute Gasteiger partial charge is 0.416 e. The van der Waals surface area contributed by atoms with Crippen LogP contribution < -0.4 is 16.3 Å². The SMILES string of the molecule is Cn1c(=NCC(F)F)n(O)c2cc(NC(=O)c3cc(F)cc(C(F)(F)F)c3)c3c(c21)C(=O)NC3c1cc(F)ccc1Cl.O[C-](O)O.[W]. The fraction of sp³-hybridized carbons (Fsp3) is 0.185. The molecule has 47 heavy (non-hydrogen) atoms. The second-order valence-electron chi connectivity index (χ2n) is 9.54. The van der Waals surface area contributed by atoms with E-state index in [1.807, 2.05) is 0 Å². The van der Waals surface area contributed by atoms with Gasteiger partial charge in [0.1, 0.15) is 23.7 Å². The molecule has 0 spiro atoms. The number of anilines is 1. The molecule has 4 aromatic rings. The number of imidazole rings is 1. The van der Waals surface area contributed by atoms with Gasteiger partial charge >= 0.3 is 6.18 Å². The minimum absolute atomic E-state index is 0. The third kappa shape index (κ3) is 7.96. The van der Waals surface area contributed by atoms with Gasteiger partial charge in [0.15, 0.2) is 0 Å². The third-order valence-electron chi connectivity index (χ3n) is 6.54. The van der Waals surface area contributed by atoms with Crippen molar-refractivity contribution in [1.29, 1.82) is 0 Å². The van der Waals surface area contributed by atoms with Crippen LogP contribution in [0.1, 0.15) is 43.4 Å². The number of aromatic nitrogens is 2. The number of aliphatic hydroxyl groups excluding tert-OH is 1. The predicted octanol–water partition coefficient (Wildman–Crippen LogP) is 4.97. The Morgan fingerprint density at radius 2 is 1.74 bits per heavy atom. The van der Waals surface area contributed by atoms with Crippen LogP contribution in [0.25, 0.3) is 11.0 Å². The standard InChI is InChI=1S/C26H17ClF7N5O3.CH3O3.W/c1-38-22-17(39(42)25(38)35-9-18(30)31)8-16(36-23(40)10-4-11(26(32,33)34)6-13(29)5-10)19-20(22)24(41)37-21(19)14-7-12(28)2-3-15(14)27;2-1(3)4;/h2-8,18,21,42H,9H2,1H3,(H,36,40)(H,37,41);2-4H;/q;-1;. The zero-order valence-electron chi connectivity index (χ0n) is 23.3. The molecule has 1 aliphatic heterocycles. The molecule has 1 aromatic heterocycles. The summed E-state index contributed by atoms with van der Waals surface area (Å²) in [4.78, 5) is 30.1. The number of carbonyl (C=O) groups is 2. The van der Waals surface area contributed by atoms with Gasteiger partial charge in [-0.05, 0) is 42.5 Å². The van der Waals surface area contributed by atoms with E-state index >= 15 is 0 Å². The van der Waals surface area contributed by atoms with Gasteiger partial charge in [-0.25, -0.2) is 22.6 Å². The van der Waals surface area contributed by atoms with Gasteiger partial charge in [-0.3, -0.25) is 9.59 Å². The van der Waals surface area contributed by atoms with Crippen LogP contribution in [0.15, 0.2) is 47.5 Å². The molecule has 1 atom stereocenters. The van der Waals surface area contributed by atoms with Crippen molar-refractivity contribution < 1.29 is 81.9 Å². The summed E-state index contributed by atoms with van der Waals surface area (Å²) >= 11 is 6.28. The van der Waals surface area contributed by atoms with Crippen molar-refractivity contribution in [2.45, 2.75) is 18.6 Å². The van der Waals surface area contributed by atoms with Crippen molar-refractivity contribution >= 4 is 40.1 Å². The summed E-state index contributed by atoms with van der Waals surface area (Å²) in [6.45, 7) is -2.59. The second-order valence-corrected chi connectivity index (χ2v) is 9.94. The average molecular weight is 863 g/mol. The Kier molecular flexibility index (Phi) is 11.5. The maximum Gasteiger partial charge on any atom is 0.416 e. The molecule has 1 aliphatic rings. The number of aryl methyl sites for hydroxylation is 1. The summed E-state index contributed by atoms with van der Waals surface area (Å²) in [5, 5.41) is 36.9. The Hall–Kier alpha value is -3.96. The van der Waals surface area contributed by atoms with Crippen LogP contribution in [0.3, 0.4) is 0 Å². The Balaban J connectivity index is 0.00000114. The number of hydrogen-bond acceptors (Lipinski definition) is 7. The van der Waals surface area contributed by atoms with Crippen molar-refractivity contribution in [2.75, 3.05) is 11.9 Å². The van der Waals surface area contributed by atoms with E-state index in [2.05, 4.69) is 15.6 Å². The summed E-state index contributed by atoms with van der Waals surface area (Å²) in [7, 11) is 1.32. The van der Waals surface area contributed by atoms with Crippen molar-refractivity contribution in [3.05, 3.63) is 99.0 Å². The first-order chi connectivity index (χ1) is 21.4. The molecule has 0 saturated carbocycles. The van der Waals surface area contributed by atoms with Crippen LogP contribution in [0, 0.1) is 18.1 Å². The minimum Gasteiger partial charge on any atom is -0.511 e. The van der Waals surface area contributed by atoms with E-state index in [0.29, 0.717) is 16.9 Å². The van der Waals surface area contributed by atoms with E-state index in [0.717, 1.165) is 22.8 Å². The topological polar surface area (TPSA) is 161 Å². The summed E-state index contributed by atoms with van der Waals surface area (Å²) < 4.78 is 95.3. The number of benzene rings is 3. The molecule has 252 valence electrons. The summed E-state index contributed by atoms with van der Waals surface area (Å²) in [5.41, 5.74) is -3.28. The van der Waals surface area contributed by atoms with E-state index < -0.39 is 71.9 Å². The number of nitrogens with zero attached hydrogens (tertiary/aromatic N) is 3. The van der Waals surface area contributed by atoms with Crippen LogP contribution in [-0.2, 0) is 34.3 Å². The Labute approximate surface area is 277 Å². The summed E-state index contributed by atoms with van der Waals surface area (Å²) in [6.07, 6.45) is -7.85. The number of fused-ring (bicyclic) bond motifs is 3. The molecule has 0 fully saturated rings. The van der Waals surface area contributed by atoms with Crippen LogP contribution in [-0.4, -0.2) is 54.6 Å². The minimum atomic E-state index is -4.97. The summed E-state index contributed by atoms with van der Waals surface area (Å²) in [5.74, 6) is -4.11. The van der Waals surface area contributed by atoms with E-state index in [1.54, 1.807) is 0 Å². The van der Waals surface area contributed by atoms with Crippen LogP contribution in [0.4, 0.5) is 36.4 Å². The third-order valence-corrected chi connectivity index (χ3v) is 6.88. The first-order valence-electron chi connectivity index (χ1n) is 12.6. The molecule has 6 N–H and O–H groups in total. The first kappa shape index (κ1) is 37.5. The number of hydrogen-bond donors (Lipinski definition) is 6. The molecule has 2 heterocycles. The largest absolute Gasteiger partial charge is 0.511 e. The zero-order chi connectivity index (χ0) is 34.2. The molecule has 5 rings (SSSR count). The molecule has 1 unspecified atom stereocenters. The number of nitrogens with one attached hydrogen (secondary N) is 2. The normalized spacial score (nSPS) is 14.6. The van der Waals surface area contributed by atoms with Gasteiger partial charge in [0, 0.05) is 62.0 Å². The van der Waals surface area contributed by atoms with Gasteiger partial charge in [0.05, 0.1) is 22.7 Å². The van der Waals surface area contributed by atoms with E-state index in [-0.39, 0.29) is 65.6 Å². The molecule has 0 aliphatic carbocycles. The molecule has 11 nitrogen and oxygen atoms in total. The number of amides is 2. The number of aliphatic hydroxyl groups is 3. The fourth-order valence-corrected chi connectivity index (χ4v) is 5.03. The maximum absolute atomic E-state index is 14.2. The maximum atomic E-state index is 14.2. The Bertz CT molecular complexity index is 1910. The number of rotatable bonds is 5. The van der Waals surface area contributed by atoms with E-state index in [4.69, 9.17) is 26.9 Å². The average Bonchev–Trinajstić information content (AvgIpc) is 3.40. The molecular weight excluding hydrogens is 843 g/mol. The van der Waals surface area contributed by atoms with E-state index in [9.17, 15) is 45.5 Å². The van der Waals surface area contributed by atoms with E-state index in [1.165, 1.54) is 13.1 Å². The predicted molar refractivity (Wildman–Crippen MR) is 144 cm³/mol. The molecule has 0 radical (unpaired) electrons. The van der Waals surface area contributed by atoms with Crippen molar-refractivity contribution in [2.24, 2.45) is 12.0 Å². The van der Waals surface area contributed by atoms with Crippen LogP contribution >= 0.6 is 11.6 Å². The molecule has 20 heteroatoms. The second kappa shape index (κ2) is 14.4. The van der Waals surface area contributed by atoms with Crippen molar-refractivity contribution in [3.63, 3.8) is 0 Å². The van der Waals surface area contributed by atoms with Gasteiger partial charge in [-0.2, -0.15) is 13.2 Å². The van der Waals surface area contributed by atoms with Gasteiger partial charge in [0.2, 0.25) is 5.62 Å². The molecule has 3 aromatic carbocycles. The van der Waals surface area contributed by atoms with Crippen LogP contribution in [0.5, 0.6) is 0 Å². The number of carbonyl (C=O) groups excluding carboxylic acids is 2. The zero-order valence-corrected chi connectivity index (χ0v) is 27.0. The molecular formula is C27H20ClF7N5O6W-. The van der Waals surface area contributed by atoms with Gasteiger partial charge in [-0.15, -0.1) is 4.73 Å².